The predicted octanol–water partition coefficient (Wildman–Crippen LogP) is 0.874. The lowest BCUT2D eigenvalue weighted by Crippen LogP contribution is -2.30. The number of hydrogen-bond acceptors (Lipinski definition) is 3. The zero-order chi connectivity index (χ0) is 12.4. The van der Waals surface area contributed by atoms with Crippen molar-refractivity contribution in [1.29, 1.82) is 0 Å². The van der Waals surface area contributed by atoms with E-state index in [9.17, 15) is 9.90 Å². The van der Waals surface area contributed by atoms with E-state index >= 15 is 0 Å². The van der Waals surface area contributed by atoms with Crippen LogP contribution in [0.15, 0.2) is 29.1 Å². The van der Waals surface area contributed by atoms with Crippen LogP contribution in [0.1, 0.15) is 12.5 Å². The fraction of sp³-hybridized carbons (Fsp3) is 0.154. The van der Waals surface area contributed by atoms with Gasteiger partial charge in [0.1, 0.15) is 5.75 Å². The van der Waals surface area contributed by atoms with Crippen molar-refractivity contribution in [3.05, 3.63) is 49.4 Å². The first-order valence-corrected chi connectivity index (χ1v) is 6.13. The number of aromatic nitrogens is 1. The summed E-state index contributed by atoms with van der Waals surface area (Å²) in [4.78, 5) is 11.9. The zero-order valence-corrected chi connectivity index (χ0v) is 10.3. The van der Waals surface area contributed by atoms with Crippen molar-refractivity contribution in [2.24, 2.45) is 0 Å². The van der Waals surface area contributed by atoms with E-state index in [1.54, 1.807) is 28.8 Å². The fourth-order valence-corrected chi connectivity index (χ4v) is 2.57. The maximum Gasteiger partial charge on any atom is 0.269 e. The van der Waals surface area contributed by atoms with Crippen LogP contribution in [-0.4, -0.2) is 9.67 Å². The first kappa shape index (κ1) is 11.7. The highest BCUT2D eigenvalue weighted by Crippen LogP contribution is 2.09. The van der Waals surface area contributed by atoms with Gasteiger partial charge in [0, 0.05) is 6.54 Å². The normalized spacial score (nSPS) is 11.9. The van der Waals surface area contributed by atoms with Crippen LogP contribution in [0.25, 0.3) is 12.7 Å². The van der Waals surface area contributed by atoms with Crippen LogP contribution in [0.3, 0.4) is 0 Å². The standard InChI is InChI=1S/C13H13NO2S/c1-3-14-9(2)17-12(13(14)16)8-10-4-6-11(15)7-5-10/h4-8,15H,2-3H2,1H3/b12-8+. The van der Waals surface area contributed by atoms with Gasteiger partial charge in [-0.05, 0) is 30.7 Å². The Labute approximate surface area is 103 Å². The Morgan fingerprint density at radius 3 is 2.59 bits per heavy atom. The molecule has 0 radical (unpaired) electrons. The summed E-state index contributed by atoms with van der Waals surface area (Å²) >= 11 is 1.39. The molecule has 1 aromatic carbocycles. The topological polar surface area (TPSA) is 42.2 Å². The van der Waals surface area contributed by atoms with Gasteiger partial charge in [0.25, 0.3) is 5.56 Å². The van der Waals surface area contributed by atoms with Gasteiger partial charge in [-0.3, -0.25) is 9.36 Å². The fourth-order valence-electron chi connectivity index (χ4n) is 1.61. The summed E-state index contributed by atoms with van der Waals surface area (Å²) in [6.45, 7) is 6.41. The van der Waals surface area contributed by atoms with Gasteiger partial charge in [-0.2, -0.15) is 0 Å². The first-order valence-electron chi connectivity index (χ1n) is 5.31. The number of thiazole rings is 1. The molecule has 0 aliphatic carbocycles. The third kappa shape index (κ3) is 2.31. The minimum atomic E-state index is -0.00410. The second-order valence-corrected chi connectivity index (χ2v) is 4.76. The largest absolute Gasteiger partial charge is 0.508 e. The monoisotopic (exact) mass is 247 g/mol. The average molecular weight is 247 g/mol. The second kappa shape index (κ2) is 4.59. The van der Waals surface area contributed by atoms with Crippen molar-refractivity contribution >= 4 is 24.0 Å². The molecule has 0 saturated heterocycles. The Morgan fingerprint density at radius 2 is 2.06 bits per heavy atom. The van der Waals surface area contributed by atoms with Crippen LogP contribution in [0, 0.1) is 0 Å². The van der Waals surface area contributed by atoms with Crippen molar-refractivity contribution in [2.75, 3.05) is 0 Å². The molecule has 0 aliphatic heterocycles. The number of rotatable bonds is 2. The maximum atomic E-state index is 11.9. The molecular formula is C13H13NO2S. The Kier molecular flexibility index (Phi) is 3.15. The highest BCUT2D eigenvalue weighted by molar-refractivity contribution is 7.07. The molecule has 88 valence electrons. The van der Waals surface area contributed by atoms with Crippen molar-refractivity contribution in [3.8, 4) is 5.75 Å². The molecule has 0 atom stereocenters. The molecule has 0 spiro atoms. The molecular weight excluding hydrogens is 234 g/mol. The Bertz CT molecular complexity index is 680. The Hall–Kier alpha value is -1.81. The highest BCUT2D eigenvalue weighted by atomic mass is 32.1. The number of benzene rings is 1. The molecule has 2 rings (SSSR count). The lowest BCUT2D eigenvalue weighted by atomic mass is 10.2. The zero-order valence-electron chi connectivity index (χ0n) is 9.51. The number of hydrogen-bond donors (Lipinski definition) is 1. The summed E-state index contributed by atoms with van der Waals surface area (Å²) in [5.41, 5.74) is 0.889. The SMILES string of the molecule is C=c1s/c(=C/c2ccc(O)cc2)c(=O)n1CC. The van der Waals surface area contributed by atoms with Gasteiger partial charge in [0.2, 0.25) is 0 Å². The molecule has 1 heterocycles. The van der Waals surface area contributed by atoms with Gasteiger partial charge in [-0.15, -0.1) is 11.3 Å². The van der Waals surface area contributed by atoms with Crippen molar-refractivity contribution < 1.29 is 5.11 Å². The molecule has 2 aromatic rings. The lowest BCUT2D eigenvalue weighted by Gasteiger charge is -1.92. The summed E-state index contributed by atoms with van der Waals surface area (Å²) in [5.74, 6) is 0.220. The molecule has 0 amide bonds. The molecule has 0 fully saturated rings. The molecule has 1 N–H and O–H groups in total. The molecule has 0 saturated carbocycles. The second-order valence-electron chi connectivity index (χ2n) is 3.65. The number of aromatic hydroxyl groups is 1. The van der Waals surface area contributed by atoms with E-state index in [2.05, 4.69) is 6.58 Å². The van der Waals surface area contributed by atoms with E-state index in [-0.39, 0.29) is 11.3 Å². The van der Waals surface area contributed by atoms with Gasteiger partial charge >= 0.3 is 0 Å². The van der Waals surface area contributed by atoms with E-state index in [1.807, 2.05) is 13.0 Å². The van der Waals surface area contributed by atoms with Crippen LogP contribution < -0.4 is 14.8 Å². The quantitative estimate of drug-likeness (QED) is 0.856. The van der Waals surface area contributed by atoms with Crippen molar-refractivity contribution in [2.45, 2.75) is 13.5 Å². The summed E-state index contributed by atoms with van der Waals surface area (Å²) in [5, 5.41) is 9.18. The third-order valence-electron chi connectivity index (χ3n) is 2.49. The van der Waals surface area contributed by atoms with Gasteiger partial charge in [0.05, 0.1) is 9.20 Å². The van der Waals surface area contributed by atoms with Gasteiger partial charge < -0.3 is 5.11 Å². The van der Waals surface area contributed by atoms with Crippen LogP contribution in [-0.2, 0) is 6.54 Å². The van der Waals surface area contributed by atoms with Crippen LogP contribution >= 0.6 is 11.3 Å². The van der Waals surface area contributed by atoms with Crippen LogP contribution in [0.5, 0.6) is 5.75 Å². The third-order valence-corrected chi connectivity index (χ3v) is 3.46. The van der Waals surface area contributed by atoms with E-state index in [1.165, 1.54) is 11.3 Å². The van der Waals surface area contributed by atoms with Crippen molar-refractivity contribution in [3.63, 3.8) is 0 Å². The molecule has 3 nitrogen and oxygen atoms in total. The molecule has 1 aromatic heterocycles. The van der Waals surface area contributed by atoms with Gasteiger partial charge in [0.15, 0.2) is 0 Å². The summed E-state index contributed by atoms with van der Waals surface area (Å²) in [7, 11) is 0. The van der Waals surface area contributed by atoms with Crippen LogP contribution in [0.4, 0.5) is 0 Å². The Balaban J connectivity index is 2.58. The first-order chi connectivity index (χ1) is 8.11. The minimum absolute atomic E-state index is 0.00410. The van der Waals surface area contributed by atoms with E-state index in [4.69, 9.17) is 0 Å². The van der Waals surface area contributed by atoms with E-state index in [0.29, 0.717) is 11.1 Å². The minimum Gasteiger partial charge on any atom is -0.508 e. The van der Waals surface area contributed by atoms with Crippen LogP contribution in [0.2, 0.25) is 0 Å². The maximum absolute atomic E-state index is 11.9. The van der Waals surface area contributed by atoms with E-state index in [0.717, 1.165) is 10.2 Å². The molecule has 17 heavy (non-hydrogen) atoms. The molecule has 0 bridgehead atoms. The van der Waals surface area contributed by atoms with Crippen molar-refractivity contribution in [1.82, 2.24) is 4.57 Å². The lowest BCUT2D eigenvalue weighted by molar-refractivity contribution is 0.475. The average Bonchev–Trinajstić information content (AvgIpc) is 2.57. The smallest absolute Gasteiger partial charge is 0.269 e. The predicted molar refractivity (Wildman–Crippen MR) is 70.7 cm³/mol. The summed E-state index contributed by atoms with van der Waals surface area (Å²) in [6, 6.07) is 6.74. The number of phenolic OH excluding ortho intramolecular Hbond substituents is 1. The Morgan fingerprint density at radius 1 is 1.41 bits per heavy atom. The molecule has 0 aliphatic rings. The number of phenols is 1. The highest BCUT2D eigenvalue weighted by Gasteiger charge is 2.00. The summed E-state index contributed by atoms with van der Waals surface area (Å²) < 4.78 is 3.08. The summed E-state index contributed by atoms with van der Waals surface area (Å²) in [6.07, 6.45) is 1.81. The molecule has 0 unspecified atom stereocenters. The van der Waals surface area contributed by atoms with Gasteiger partial charge in [-0.25, -0.2) is 0 Å². The van der Waals surface area contributed by atoms with Gasteiger partial charge in [-0.1, -0.05) is 18.7 Å². The molecule has 4 heteroatoms. The van der Waals surface area contributed by atoms with E-state index < -0.39 is 0 Å². The number of nitrogens with zero attached hydrogens (tertiary/aromatic N) is 1.